The standard InChI is InChI=1S/C16H22N8.C3H8.2C3H6.CH4/c1-4-6-11-12(18-2)8-5-7-10-9-13(21-22-14(10)11)24-15(17)20-16(19-3)23-24;3*1-3-2;/h6,9H,4-5,7-8H2,1-3H3,(H3,17,19,20,23);3H2,1-2H3;2*3H,1H2,2H3;1H4/b11-6+,18-12?;;;;. The molecule has 0 unspecified atom stereocenters. The molecule has 0 spiro atoms. The highest BCUT2D eigenvalue weighted by molar-refractivity contribution is 6.23. The molecule has 1 aliphatic rings. The zero-order chi connectivity index (χ0) is 25.2. The van der Waals surface area contributed by atoms with Crippen molar-refractivity contribution in [1.82, 2.24) is 25.0 Å². The molecule has 2 aromatic heterocycles. The van der Waals surface area contributed by atoms with Crippen LogP contribution in [0.1, 0.15) is 79.0 Å². The molecule has 1 aliphatic carbocycles. The molecular formula is C26H46N8. The van der Waals surface area contributed by atoms with Gasteiger partial charge in [-0.2, -0.15) is 9.67 Å². The van der Waals surface area contributed by atoms with Crippen molar-refractivity contribution >= 4 is 23.2 Å². The van der Waals surface area contributed by atoms with Crippen LogP contribution in [0.4, 0.5) is 11.9 Å². The van der Waals surface area contributed by atoms with E-state index in [0.29, 0.717) is 11.8 Å². The van der Waals surface area contributed by atoms with E-state index in [9.17, 15) is 0 Å². The van der Waals surface area contributed by atoms with E-state index in [2.05, 4.69) is 70.6 Å². The number of nitrogens with one attached hydrogen (secondary N) is 1. The van der Waals surface area contributed by atoms with Crippen molar-refractivity contribution in [2.24, 2.45) is 4.99 Å². The van der Waals surface area contributed by atoms with Crippen molar-refractivity contribution in [3.05, 3.63) is 48.7 Å². The maximum Gasteiger partial charge on any atom is 0.244 e. The first-order chi connectivity index (χ1) is 15.9. The SMILES string of the molecule is C.C=CC.C=CC.CC/C=C1\C(=NC)CCCc2cc(-n3nc(NC)nc3N)nnc21.CCC. The van der Waals surface area contributed by atoms with Gasteiger partial charge in [-0.05, 0) is 51.2 Å². The van der Waals surface area contributed by atoms with Gasteiger partial charge in [0.15, 0.2) is 5.82 Å². The summed E-state index contributed by atoms with van der Waals surface area (Å²) in [4.78, 5) is 8.57. The average Bonchev–Trinajstić information content (AvgIpc) is 3.08. The third-order valence-corrected chi connectivity index (χ3v) is 4.04. The van der Waals surface area contributed by atoms with Crippen LogP contribution in [0.2, 0.25) is 0 Å². The lowest BCUT2D eigenvalue weighted by atomic mass is 10.0. The van der Waals surface area contributed by atoms with Crippen LogP contribution in [0.5, 0.6) is 0 Å². The average molecular weight is 471 g/mol. The Morgan fingerprint density at radius 3 is 2.21 bits per heavy atom. The van der Waals surface area contributed by atoms with E-state index < -0.39 is 0 Å². The predicted octanol–water partition coefficient (Wildman–Crippen LogP) is 6.32. The molecule has 3 N–H and O–H groups in total. The number of anilines is 2. The molecule has 8 nitrogen and oxygen atoms in total. The molecule has 0 saturated carbocycles. The number of nitrogens with two attached hydrogens (primary N) is 1. The molecule has 0 aromatic carbocycles. The molecule has 0 atom stereocenters. The molecular weight excluding hydrogens is 424 g/mol. The summed E-state index contributed by atoms with van der Waals surface area (Å²) in [6, 6.07) is 1.99. The number of aryl methyl sites for hydroxylation is 1. The zero-order valence-corrected chi connectivity index (χ0v) is 21.5. The minimum absolute atomic E-state index is 0. The fraction of sp³-hybridized carbons (Fsp3) is 0.500. The lowest BCUT2D eigenvalue weighted by Gasteiger charge is -2.10. The van der Waals surface area contributed by atoms with E-state index in [1.54, 1.807) is 19.2 Å². The van der Waals surface area contributed by atoms with E-state index in [1.165, 1.54) is 11.1 Å². The van der Waals surface area contributed by atoms with Gasteiger partial charge in [0.1, 0.15) is 0 Å². The largest absolute Gasteiger partial charge is 0.368 e. The van der Waals surface area contributed by atoms with E-state index in [1.807, 2.05) is 27.0 Å². The van der Waals surface area contributed by atoms with Crippen molar-refractivity contribution in [2.75, 3.05) is 25.1 Å². The first-order valence-corrected chi connectivity index (χ1v) is 11.5. The summed E-state index contributed by atoms with van der Waals surface area (Å²) in [6.45, 7) is 16.9. The topological polar surface area (TPSA) is 107 Å². The Bertz CT molecular complexity index is 904. The molecule has 3 rings (SSSR count). The summed E-state index contributed by atoms with van der Waals surface area (Å²) in [6.07, 6.45) is 10.7. The van der Waals surface area contributed by atoms with Crippen LogP contribution in [0, 0.1) is 0 Å². The third-order valence-electron chi connectivity index (χ3n) is 4.04. The maximum absolute atomic E-state index is 5.93. The van der Waals surface area contributed by atoms with Gasteiger partial charge in [0.25, 0.3) is 0 Å². The molecule has 0 amide bonds. The Balaban J connectivity index is 0. The number of aliphatic imine (C=N–C) groups is 1. The van der Waals surface area contributed by atoms with Crippen molar-refractivity contribution < 1.29 is 0 Å². The number of allylic oxidation sites excluding steroid dienone is 4. The minimum atomic E-state index is 0. The quantitative estimate of drug-likeness (QED) is 0.401. The van der Waals surface area contributed by atoms with E-state index in [-0.39, 0.29) is 13.4 Å². The molecule has 0 radical (unpaired) electrons. The number of nitrogens with zero attached hydrogens (tertiary/aromatic N) is 6. The highest BCUT2D eigenvalue weighted by Crippen LogP contribution is 2.28. The molecule has 8 heteroatoms. The molecule has 0 bridgehead atoms. The zero-order valence-electron chi connectivity index (χ0n) is 21.5. The number of nitrogen functional groups attached to an aromatic ring is 1. The van der Waals surface area contributed by atoms with Gasteiger partial charge < -0.3 is 11.1 Å². The normalized spacial score (nSPS) is 13.9. The summed E-state index contributed by atoms with van der Waals surface area (Å²) < 4.78 is 1.50. The second-order valence-electron chi connectivity index (χ2n) is 7.11. The Morgan fingerprint density at radius 1 is 1.15 bits per heavy atom. The summed E-state index contributed by atoms with van der Waals surface area (Å²) >= 11 is 0. The highest BCUT2D eigenvalue weighted by Gasteiger charge is 2.21. The Hall–Kier alpha value is -3.29. The smallest absolute Gasteiger partial charge is 0.244 e. The van der Waals surface area contributed by atoms with Gasteiger partial charge in [-0.3, -0.25) is 4.99 Å². The number of aromatic nitrogens is 5. The van der Waals surface area contributed by atoms with Gasteiger partial charge in [0, 0.05) is 25.4 Å². The first-order valence-electron chi connectivity index (χ1n) is 11.5. The molecule has 0 saturated heterocycles. The fourth-order valence-electron chi connectivity index (χ4n) is 2.91. The third kappa shape index (κ3) is 10.1. The number of hydrogen-bond donors (Lipinski definition) is 2. The lowest BCUT2D eigenvalue weighted by molar-refractivity contribution is 0.800. The fourth-order valence-corrected chi connectivity index (χ4v) is 2.91. The second kappa shape index (κ2) is 19.2. The van der Waals surface area contributed by atoms with Crippen LogP contribution < -0.4 is 11.1 Å². The van der Waals surface area contributed by atoms with Crippen molar-refractivity contribution in [3.8, 4) is 5.82 Å². The van der Waals surface area contributed by atoms with E-state index >= 15 is 0 Å². The summed E-state index contributed by atoms with van der Waals surface area (Å²) in [5, 5.41) is 15.9. The highest BCUT2D eigenvalue weighted by atomic mass is 15.4. The first kappa shape index (κ1) is 32.9. The second-order valence-corrected chi connectivity index (χ2v) is 7.11. The lowest BCUT2D eigenvalue weighted by Crippen LogP contribution is -2.10. The van der Waals surface area contributed by atoms with Crippen LogP contribution in [0.3, 0.4) is 0 Å². The number of hydrogen-bond acceptors (Lipinski definition) is 7. The van der Waals surface area contributed by atoms with Crippen molar-refractivity contribution in [1.29, 1.82) is 0 Å². The van der Waals surface area contributed by atoms with E-state index in [0.717, 1.165) is 48.2 Å². The van der Waals surface area contributed by atoms with Gasteiger partial charge in [-0.1, -0.05) is 52.8 Å². The maximum atomic E-state index is 5.93. The van der Waals surface area contributed by atoms with Gasteiger partial charge in [0.05, 0.1) is 5.69 Å². The Morgan fingerprint density at radius 2 is 1.74 bits per heavy atom. The summed E-state index contributed by atoms with van der Waals surface area (Å²) in [7, 11) is 3.58. The molecule has 0 aliphatic heterocycles. The molecule has 2 aromatic rings. The molecule has 190 valence electrons. The molecule has 34 heavy (non-hydrogen) atoms. The predicted molar refractivity (Wildman–Crippen MR) is 150 cm³/mol. The number of fused-ring (bicyclic) bond motifs is 1. The van der Waals surface area contributed by atoms with Crippen LogP contribution in [0.15, 0.2) is 42.4 Å². The van der Waals surface area contributed by atoms with Gasteiger partial charge in [0.2, 0.25) is 11.9 Å². The minimum Gasteiger partial charge on any atom is -0.368 e. The van der Waals surface area contributed by atoms with Crippen LogP contribution in [0.25, 0.3) is 11.4 Å². The van der Waals surface area contributed by atoms with Crippen LogP contribution in [-0.2, 0) is 6.42 Å². The Kier molecular flexibility index (Phi) is 18.6. The molecule has 0 fully saturated rings. The molecule has 2 heterocycles. The summed E-state index contributed by atoms with van der Waals surface area (Å²) in [5.74, 6) is 1.31. The summed E-state index contributed by atoms with van der Waals surface area (Å²) in [5.41, 5.74) is 10.2. The number of rotatable bonds is 3. The van der Waals surface area contributed by atoms with Gasteiger partial charge in [-0.15, -0.1) is 28.5 Å². The van der Waals surface area contributed by atoms with E-state index in [4.69, 9.17) is 5.73 Å². The van der Waals surface area contributed by atoms with Crippen molar-refractivity contribution in [2.45, 2.75) is 74.1 Å². The Labute approximate surface area is 207 Å². The van der Waals surface area contributed by atoms with Gasteiger partial charge in [-0.25, -0.2) is 0 Å². The van der Waals surface area contributed by atoms with Crippen LogP contribution >= 0.6 is 0 Å². The van der Waals surface area contributed by atoms with Crippen LogP contribution in [-0.4, -0.2) is 44.8 Å². The monoisotopic (exact) mass is 470 g/mol. The van der Waals surface area contributed by atoms with Gasteiger partial charge >= 0.3 is 0 Å². The van der Waals surface area contributed by atoms with Crippen molar-refractivity contribution in [3.63, 3.8) is 0 Å².